The summed E-state index contributed by atoms with van der Waals surface area (Å²) in [5, 5.41) is 9.20. The SMILES string of the molecule is CN=C(NCC(=O)Nc1cccnc1)NCC(c1ccc(OC)cc1)N1CCOCC1. The molecule has 1 unspecified atom stereocenters. The van der Waals surface area contributed by atoms with Gasteiger partial charge >= 0.3 is 0 Å². The number of morpholine rings is 1. The first-order valence-corrected chi connectivity index (χ1v) is 10.3. The highest BCUT2D eigenvalue weighted by molar-refractivity contribution is 5.94. The second kappa shape index (κ2) is 11.9. The zero-order chi connectivity index (χ0) is 21.9. The summed E-state index contributed by atoms with van der Waals surface area (Å²) in [5.41, 5.74) is 1.84. The molecule has 0 spiro atoms. The number of carbonyl (C=O) groups is 1. The molecule has 9 heteroatoms. The number of nitrogens with zero attached hydrogens (tertiary/aromatic N) is 3. The van der Waals surface area contributed by atoms with E-state index in [0.717, 1.165) is 18.8 Å². The topological polar surface area (TPSA) is 100 Å². The number of rotatable bonds is 8. The van der Waals surface area contributed by atoms with Gasteiger partial charge in [0.2, 0.25) is 5.91 Å². The first kappa shape index (κ1) is 22.5. The van der Waals surface area contributed by atoms with Gasteiger partial charge in [0.05, 0.1) is 44.8 Å². The largest absolute Gasteiger partial charge is 0.497 e. The van der Waals surface area contributed by atoms with Crippen LogP contribution >= 0.6 is 0 Å². The Labute approximate surface area is 182 Å². The molecule has 0 radical (unpaired) electrons. The number of hydrogen-bond acceptors (Lipinski definition) is 6. The molecule has 31 heavy (non-hydrogen) atoms. The van der Waals surface area contributed by atoms with Crippen molar-refractivity contribution in [2.45, 2.75) is 6.04 Å². The van der Waals surface area contributed by atoms with Gasteiger partial charge in [-0.15, -0.1) is 0 Å². The Kier molecular flexibility index (Phi) is 8.62. The van der Waals surface area contributed by atoms with Crippen molar-refractivity contribution in [2.24, 2.45) is 4.99 Å². The van der Waals surface area contributed by atoms with Gasteiger partial charge in [0.15, 0.2) is 5.96 Å². The molecule has 166 valence electrons. The van der Waals surface area contributed by atoms with E-state index in [2.05, 4.69) is 43.0 Å². The van der Waals surface area contributed by atoms with E-state index in [9.17, 15) is 4.79 Å². The van der Waals surface area contributed by atoms with Crippen LogP contribution in [0.15, 0.2) is 53.8 Å². The molecule has 3 N–H and O–H groups in total. The Morgan fingerprint density at radius 2 is 2.00 bits per heavy atom. The first-order valence-electron chi connectivity index (χ1n) is 10.3. The van der Waals surface area contributed by atoms with E-state index in [1.54, 1.807) is 38.7 Å². The number of amides is 1. The number of nitrogens with one attached hydrogen (secondary N) is 3. The molecule has 9 nitrogen and oxygen atoms in total. The quantitative estimate of drug-likeness (QED) is 0.432. The van der Waals surface area contributed by atoms with Gasteiger partial charge in [0, 0.05) is 32.9 Å². The summed E-state index contributed by atoms with van der Waals surface area (Å²) in [5.74, 6) is 1.22. The summed E-state index contributed by atoms with van der Waals surface area (Å²) in [6.07, 6.45) is 3.26. The fraction of sp³-hybridized carbons (Fsp3) is 0.409. The number of ether oxygens (including phenoxy) is 2. The van der Waals surface area contributed by atoms with Crippen LogP contribution in [-0.2, 0) is 9.53 Å². The predicted molar refractivity (Wildman–Crippen MR) is 120 cm³/mol. The molecule has 2 heterocycles. The molecule has 0 saturated carbocycles. The van der Waals surface area contributed by atoms with Crippen molar-refractivity contribution in [1.82, 2.24) is 20.5 Å². The highest BCUT2D eigenvalue weighted by Gasteiger charge is 2.23. The number of carbonyl (C=O) groups excluding carboxylic acids is 1. The van der Waals surface area contributed by atoms with E-state index in [1.807, 2.05) is 12.1 Å². The molecule has 1 aromatic heterocycles. The summed E-state index contributed by atoms with van der Waals surface area (Å²) < 4.78 is 10.8. The average molecular weight is 427 g/mol. The van der Waals surface area contributed by atoms with Crippen LogP contribution in [0.5, 0.6) is 5.75 Å². The van der Waals surface area contributed by atoms with Crippen LogP contribution in [-0.4, -0.2) is 75.3 Å². The minimum Gasteiger partial charge on any atom is -0.497 e. The third kappa shape index (κ3) is 6.94. The van der Waals surface area contributed by atoms with Gasteiger partial charge in [-0.3, -0.25) is 19.7 Å². The number of aliphatic imine (C=N–C) groups is 1. The normalized spacial score (nSPS) is 15.7. The van der Waals surface area contributed by atoms with Crippen molar-refractivity contribution in [3.8, 4) is 5.75 Å². The summed E-state index contributed by atoms with van der Waals surface area (Å²) in [6.45, 7) is 3.88. The first-order chi connectivity index (χ1) is 15.2. The van der Waals surface area contributed by atoms with Gasteiger partial charge in [0.1, 0.15) is 5.75 Å². The third-order valence-electron chi connectivity index (χ3n) is 5.04. The lowest BCUT2D eigenvalue weighted by atomic mass is 10.0. The van der Waals surface area contributed by atoms with E-state index in [0.29, 0.717) is 31.4 Å². The number of pyridine rings is 1. The average Bonchev–Trinajstić information content (AvgIpc) is 2.83. The van der Waals surface area contributed by atoms with Gasteiger partial charge in [-0.1, -0.05) is 12.1 Å². The summed E-state index contributed by atoms with van der Waals surface area (Å²) in [4.78, 5) is 22.8. The lowest BCUT2D eigenvalue weighted by Gasteiger charge is -2.35. The zero-order valence-electron chi connectivity index (χ0n) is 18.0. The van der Waals surface area contributed by atoms with Crippen molar-refractivity contribution in [1.29, 1.82) is 0 Å². The highest BCUT2D eigenvalue weighted by atomic mass is 16.5. The summed E-state index contributed by atoms with van der Waals surface area (Å²) in [7, 11) is 3.35. The maximum atomic E-state index is 12.2. The molecule has 1 atom stereocenters. The molecule has 1 aliphatic heterocycles. The van der Waals surface area contributed by atoms with Crippen molar-refractivity contribution >= 4 is 17.6 Å². The number of methoxy groups -OCH3 is 1. The van der Waals surface area contributed by atoms with Crippen LogP contribution in [0, 0.1) is 0 Å². The van der Waals surface area contributed by atoms with E-state index in [1.165, 1.54) is 5.56 Å². The lowest BCUT2D eigenvalue weighted by molar-refractivity contribution is -0.115. The van der Waals surface area contributed by atoms with Crippen LogP contribution in [0.25, 0.3) is 0 Å². The molecule has 1 aromatic carbocycles. The number of anilines is 1. The third-order valence-corrected chi connectivity index (χ3v) is 5.04. The Hall–Kier alpha value is -3.17. The van der Waals surface area contributed by atoms with Gasteiger partial charge in [-0.25, -0.2) is 0 Å². The summed E-state index contributed by atoms with van der Waals surface area (Å²) >= 11 is 0. The Bertz CT molecular complexity index is 838. The molecule has 0 aliphatic carbocycles. The van der Waals surface area contributed by atoms with E-state index in [-0.39, 0.29) is 18.5 Å². The number of hydrogen-bond donors (Lipinski definition) is 3. The van der Waals surface area contributed by atoms with Crippen LogP contribution in [0.1, 0.15) is 11.6 Å². The van der Waals surface area contributed by atoms with Gasteiger partial charge in [0.25, 0.3) is 0 Å². The maximum Gasteiger partial charge on any atom is 0.243 e. The minimum absolute atomic E-state index is 0.0966. The molecule has 1 saturated heterocycles. The molecule has 2 aromatic rings. The molecule has 0 bridgehead atoms. The smallest absolute Gasteiger partial charge is 0.243 e. The number of aromatic nitrogens is 1. The Morgan fingerprint density at radius 1 is 1.23 bits per heavy atom. The Morgan fingerprint density at radius 3 is 2.65 bits per heavy atom. The van der Waals surface area contributed by atoms with Gasteiger partial charge in [-0.2, -0.15) is 0 Å². The maximum absolute atomic E-state index is 12.2. The van der Waals surface area contributed by atoms with Crippen LogP contribution in [0.3, 0.4) is 0 Å². The highest BCUT2D eigenvalue weighted by Crippen LogP contribution is 2.23. The van der Waals surface area contributed by atoms with Crippen LogP contribution < -0.4 is 20.7 Å². The van der Waals surface area contributed by atoms with Gasteiger partial charge < -0.3 is 25.4 Å². The van der Waals surface area contributed by atoms with E-state index >= 15 is 0 Å². The van der Waals surface area contributed by atoms with Crippen LogP contribution in [0.4, 0.5) is 5.69 Å². The van der Waals surface area contributed by atoms with Crippen LogP contribution in [0.2, 0.25) is 0 Å². The molecule has 1 amide bonds. The molecule has 3 rings (SSSR count). The lowest BCUT2D eigenvalue weighted by Crippen LogP contribution is -2.47. The molecule has 1 fully saturated rings. The second-order valence-corrected chi connectivity index (χ2v) is 7.03. The monoisotopic (exact) mass is 426 g/mol. The van der Waals surface area contributed by atoms with Crippen molar-refractivity contribution in [2.75, 3.05) is 58.9 Å². The Balaban J connectivity index is 1.57. The fourth-order valence-corrected chi connectivity index (χ4v) is 3.39. The zero-order valence-corrected chi connectivity index (χ0v) is 18.0. The molecular formula is C22H30N6O3. The predicted octanol–water partition coefficient (Wildman–Crippen LogP) is 1.27. The van der Waals surface area contributed by atoms with E-state index in [4.69, 9.17) is 9.47 Å². The van der Waals surface area contributed by atoms with E-state index < -0.39 is 0 Å². The molecular weight excluding hydrogens is 396 g/mol. The standard InChI is InChI=1S/C22H30N6O3/c1-23-22(26-16-21(29)27-18-4-3-9-24-14-18)25-15-20(28-10-12-31-13-11-28)17-5-7-19(30-2)8-6-17/h3-9,14,20H,10-13,15-16H2,1-2H3,(H,27,29)(H2,23,25,26). The minimum atomic E-state index is -0.171. The summed E-state index contributed by atoms with van der Waals surface area (Å²) in [6, 6.07) is 11.8. The van der Waals surface area contributed by atoms with Crippen molar-refractivity contribution in [3.05, 3.63) is 54.4 Å². The fourth-order valence-electron chi connectivity index (χ4n) is 3.39. The van der Waals surface area contributed by atoms with Crippen molar-refractivity contribution in [3.63, 3.8) is 0 Å². The number of benzene rings is 1. The second-order valence-electron chi connectivity index (χ2n) is 7.03. The number of guanidine groups is 1. The van der Waals surface area contributed by atoms with Crippen molar-refractivity contribution < 1.29 is 14.3 Å². The van der Waals surface area contributed by atoms with Gasteiger partial charge in [-0.05, 0) is 29.8 Å². The molecule has 1 aliphatic rings.